The molecule has 0 heterocycles. The summed E-state index contributed by atoms with van der Waals surface area (Å²) in [6, 6.07) is 9.63. The van der Waals surface area contributed by atoms with Crippen molar-refractivity contribution in [1.29, 1.82) is 0 Å². The topological polar surface area (TPSA) is 83.1 Å². The van der Waals surface area contributed by atoms with Crippen LogP contribution in [0.15, 0.2) is 36.4 Å². The van der Waals surface area contributed by atoms with E-state index in [0.29, 0.717) is 22.8 Å². The summed E-state index contributed by atoms with van der Waals surface area (Å²) in [5.74, 6) is -0.0159. The molecular weight excluding hydrogens is 381 g/mol. The third-order valence-electron chi connectivity index (χ3n) is 4.13. The van der Waals surface area contributed by atoms with Crippen LogP contribution in [0.4, 0.5) is 4.39 Å². The first kappa shape index (κ1) is 22.0. The summed E-state index contributed by atoms with van der Waals surface area (Å²) in [5, 5.41) is 2.65. The first-order valence-corrected chi connectivity index (χ1v) is 8.93. The smallest absolute Gasteiger partial charge is 0.306 e. The van der Waals surface area contributed by atoms with Gasteiger partial charge in [-0.1, -0.05) is 18.2 Å². The number of esters is 1. The van der Waals surface area contributed by atoms with Crippen LogP contribution in [-0.4, -0.2) is 39.8 Å². The van der Waals surface area contributed by atoms with Crippen LogP contribution >= 0.6 is 0 Å². The minimum Gasteiger partial charge on any atom is -0.493 e. The molecule has 0 aliphatic heterocycles. The molecule has 8 heteroatoms. The van der Waals surface area contributed by atoms with Gasteiger partial charge in [0.15, 0.2) is 18.1 Å². The van der Waals surface area contributed by atoms with E-state index in [-0.39, 0.29) is 25.2 Å². The summed E-state index contributed by atoms with van der Waals surface area (Å²) >= 11 is 0. The molecule has 0 atom stereocenters. The number of hydrogen-bond acceptors (Lipinski definition) is 6. The Morgan fingerprint density at radius 3 is 2.24 bits per heavy atom. The SMILES string of the molecule is COc1cc(CNC(=O)COC(=O)CCc2ccccc2F)cc(OC)c1OC. The van der Waals surface area contributed by atoms with Crippen molar-refractivity contribution in [2.45, 2.75) is 19.4 Å². The molecule has 2 rings (SSSR count). The molecule has 7 nitrogen and oxygen atoms in total. The average molecular weight is 405 g/mol. The number of halogens is 1. The number of hydrogen-bond donors (Lipinski definition) is 1. The lowest BCUT2D eigenvalue weighted by Gasteiger charge is -2.14. The Labute approximate surface area is 168 Å². The minimum absolute atomic E-state index is 0.0128. The number of carbonyl (C=O) groups is 2. The fourth-order valence-electron chi connectivity index (χ4n) is 2.65. The van der Waals surface area contributed by atoms with E-state index >= 15 is 0 Å². The molecule has 0 saturated carbocycles. The van der Waals surface area contributed by atoms with Crippen LogP contribution in [0.25, 0.3) is 0 Å². The average Bonchev–Trinajstić information content (AvgIpc) is 2.74. The largest absolute Gasteiger partial charge is 0.493 e. The van der Waals surface area contributed by atoms with E-state index in [1.54, 1.807) is 30.3 Å². The molecule has 0 aliphatic rings. The number of ether oxygens (including phenoxy) is 4. The Balaban J connectivity index is 1.81. The van der Waals surface area contributed by atoms with Gasteiger partial charge in [-0.15, -0.1) is 0 Å². The van der Waals surface area contributed by atoms with E-state index in [0.717, 1.165) is 5.56 Å². The molecule has 29 heavy (non-hydrogen) atoms. The van der Waals surface area contributed by atoms with Crippen molar-refractivity contribution in [1.82, 2.24) is 5.32 Å². The number of rotatable bonds is 10. The Hall–Kier alpha value is -3.29. The molecule has 0 unspecified atom stereocenters. The van der Waals surface area contributed by atoms with E-state index in [4.69, 9.17) is 18.9 Å². The van der Waals surface area contributed by atoms with Gasteiger partial charge in [-0.25, -0.2) is 4.39 Å². The highest BCUT2D eigenvalue weighted by Crippen LogP contribution is 2.38. The summed E-state index contributed by atoms with van der Waals surface area (Å²) in [4.78, 5) is 23.7. The van der Waals surface area contributed by atoms with Crippen LogP contribution in [0.2, 0.25) is 0 Å². The second-order valence-corrected chi connectivity index (χ2v) is 6.06. The molecule has 0 saturated heterocycles. The Kier molecular flexibility index (Phi) is 8.27. The number of nitrogens with one attached hydrogen (secondary N) is 1. The van der Waals surface area contributed by atoms with Crippen molar-refractivity contribution in [2.24, 2.45) is 0 Å². The summed E-state index contributed by atoms with van der Waals surface area (Å²) in [5.41, 5.74) is 1.15. The maximum atomic E-state index is 13.5. The summed E-state index contributed by atoms with van der Waals surface area (Å²) in [6.45, 7) is -0.233. The van der Waals surface area contributed by atoms with Crippen molar-refractivity contribution in [2.75, 3.05) is 27.9 Å². The molecule has 2 aromatic carbocycles. The monoisotopic (exact) mass is 405 g/mol. The number of aryl methyl sites for hydroxylation is 1. The molecule has 2 aromatic rings. The van der Waals surface area contributed by atoms with Crippen LogP contribution < -0.4 is 19.5 Å². The van der Waals surface area contributed by atoms with Gasteiger partial charge in [-0.05, 0) is 35.7 Å². The maximum Gasteiger partial charge on any atom is 0.306 e. The standard InChI is InChI=1S/C21H24FNO6/c1-26-17-10-14(11-18(27-2)21(17)28-3)12-23-19(24)13-29-20(25)9-8-15-6-4-5-7-16(15)22/h4-7,10-11H,8-9,12-13H2,1-3H3,(H,23,24). The van der Waals surface area contributed by atoms with Gasteiger partial charge in [0.25, 0.3) is 5.91 Å². The predicted molar refractivity (Wildman–Crippen MR) is 104 cm³/mol. The van der Waals surface area contributed by atoms with Crippen molar-refractivity contribution in [3.05, 3.63) is 53.3 Å². The van der Waals surface area contributed by atoms with Gasteiger partial charge in [0.05, 0.1) is 21.3 Å². The van der Waals surface area contributed by atoms with Crippen molar-refractivity contribution in [3.8, 4) is 17.2 Å². The molecular formula is C21H24FNO6. The molecule has 0 radical (unpaired) electrons. The van der Waals surface area contributed by atoms with Crippen LogP contribution in [0.1, 0.15) is 17.5 Å². The van der Waals surface area contributed by atoms with Gasteiger partial charge in [0.2, 0.25) is 5.75 Å². The number of amides is 1. The van der Waals surface area contributed by atoms with Gasteiger partial charge in [-0.3, -0.25) is 9.59 Å². The van der Waals surface area contributed by atoms with E-state index in [9.17, 15) is 14.0 Å². The lowest BCUT2D eigenvalue weighted by atomic mass is 10.1. The molecule has 0 fully saturated rings. The van der Waals surface area contributed by atoms with E-state index in [1.807, 2.05) is 0 Å². The normalized spacial score (nSPS) is 10.2. The number of benzene rings is 2. The van der Waals surface area contributed by atoms with Crippen molar-refractivity contribution in [3.63, 3.8) is 0 Å². The predicted octanol–water partition coefficient (Wildman–Crippen LogP) is 2.64. The van der Waals surface area contributed by atoms with Gasteiger partial charge in [0.1, 0.15) is 5.82 Å². The highest BCUT2D eigenvalue weighted by Gasteiger charge is 2.14. The zero-order chi connectivity index (χ0) is 21.2. The minimum atomic E-state index is -0.573. The summed E-state index contributed by atoms with van der Waals surface area (Å²) < 4.78 is 34.2. The summed E-state index contributed by atoms with van der Waals surface area (Å²) in [6.07, 6.45) is 0.194. The fraction of sp³-hybridized carbons (Fsp3) is 0.333. The van der Waals surface area contributed by atoms with Crippen LogP contribution in [-0.2, 0) is 27.3 Å². The Bertz CT molecular complexity index is 830. The first-order chi connectivity index (χ1) is 14.0. The number of methoxy groups -OCH3 is 3. The maximum absolute atomic E-state index is 13.5. The first-order valence-electron chi connectivity index (χ1n) is 8.93. The molecule has 156 valence electrons. The van der Waals surface area contributed by atoms with Crippen LogP contribution in [0.5, 0.6) is 17.2 Å². The third-order valence-corrected chi connectivity index (χ3v) is 4.13. The zero-order valence-electron chi connectivity index (χ0n) is 16.6. The fourth-order valence-corrected chi connectivity index (χ4v) is 2.65. The second-order valence-electron chi connectivity index (χ2n) is 6.06. The van der Waals surface area contributed by atoms with Gasteiger partial charge < -0.3 is 24.3 Å². The highest BCUT2D eigenvalue weighted by molar-refractivity contribution is 5.80. The summed E-state index contributed by atoms with van der Waals surface area (Å²) in [7, 11) is 4.50. The second kappa shape index (κ2) is 10.9. The van der Waals surface area contributed by atoms with Crippen LogP contribution in [0, 0.1) is 5.82 Å². The van der Waals surface area contributed by atoms with Crippen LogP contribution in [0.3, 0.4) is 0 Å². The van der Waals surface area contributed by atoms with Crippen molar-refractivity contribution >= 4 is 11.9 Å². The van der Waals surface area contributed by atoms with Gasteiger partial charge in [-0.2, -0.15) is 0 Å². The van der Waals surface area contributed by atoms with E-state index < -0.39 is 18.5 Å². The Morgan fingerprint density at radius 2 is 1.66 bits per heavy atom. The molecule has 0 aliphatic carbocycles. The third kappa shape index (κ3) is 6.38. The molecule has 0 bridgehead atoms. The molecule has 0 spiro atoms. The van der Waals surface area contributed by atoms with Crippen molar-refractivity contribution < 1.29 is 32.9 Å². The van der Waals surface area contributed by atoms with E-state index in [2.05, 4.69) is 5.32 Å². The quantitative estimate of drug-likeness (QED) is 0.612. The van der Waals surface area contributed by atoms with E-state index in [1.165, 1.54) is 27.4 Å². The molecule has 1 amide bonds. The lowest BCUT2D eigenvalue weighted by molar-refractivity contribution is -0.148. The Morgan fingerprint density at radius 1 is 1.00 bits per heavy atom. The zero-order valence-corrected chi connectivity index (χ0v) is 16.6. The highest BCUT2D eigenvalue weighted by atomic mass is 19.1. The van der Waals surface area contributed by atoms with Gasteiger partial charge >= 0.3 is 5.97 Å². The molecule has 0 aromatic heterocycles. The van der Waals surface area contributed by atoms with Gasteiger partial charge in [0, 0.05) is 13.0 Å². The lowest BCUT2D eigenvalue weighted by Crippen LogP contribution is -2.28. The number of carbonyl (C=O) groups excluding carboxylic acids is 2. The molecule has 1 N–H and O–H groups in total.